The Hall–Kier alpha value is -1.52. The molecular weight excluding hydrogens is 289 g/mol. The summed E-state index contributed by atoms with van der Waals surface area (Å²) >= 11 is 5.81. The van der Waals surface area contributed by atoms with Crippen LogP contribution in [0.3, 0.4) is 0 Å². The molecule has 0 amide bonds. The molecule has 1 nitrogen and oxygen atoms in total. The highest BCUT2D eigenvalue weighted by Crippen LogP contribution is 2.37. The SMILES string of the molecule is Cc1cc(Cl)ccc1C(O)c1ccccc1C(F)(F)F. The van der Waals surface area contributed by atoms with Gasteiger partial charge in [-0.15, -0.1) is 0 Å². The summed E-state index contributed by atoms with van der Waals surface area (Å²) in [5, 5.41) is 10.7. The molecule has 0 saturated carbocycles. The van der Waals surface area contributed by atoms with Crippen molar-refractivity contribution in [2.24, 2.45) is 0 Å². The highest BCUT2D eigenvalue weighted by molar-refractivity contribution is 6.30. The fourth-order valence-corrected chi connectivity index (χ4v) is 2.33. The molecule has 0 fully saturated rings. The van der Waals surface area contributed by atoms with Crippen molar-refractivity contribution in [2.75, 3.05) is 0 Å². The van der Waals surface area contributed by atoms with E-state index >= 15 is 0 Å². The maximum absolute atomic E-state index is 13.0. The lowest BCUT2D eigenvalue weighted by Crippen LogP contribution is -2.13. The monoisotopic (exact) mass is 300 g/mol. The fraction of sp³-hybridized carbons (Fsp3) is 0.200. The molecule has 0 aliphatic rings. The first kappa shape index (κ1) is 14.9. The van der Waals surface area contributed by atoms with Gasteiger partial charge in [-0.3, -0.25) is 0 Å². The van der Waals surface area contributed by atoms with Gasteiger partial charge >= 0.3 is 6.18 Å². The zero-order valence-corrected chi connectivity index (χ0v) is 11.3. The predicted octanol–water partition coefficient (Wildman–Crippen LogP) is 4.75. The van der Waals surface area contributed by atoms with Gasteiger partial charge in [-0.25, -0.2) is 0 Å². The molecule has 0 spiro atoms. The lowest BCUT2D eigenvalue weighted by atomic mass is 9.94. The molecule has 2 aromatic carbocycles. The van der Waals surface area contributed by atoms with Crippen molar-refractivity contribution in [2.45, 2.75) is 19.2 Å². The second kappa shape index (κ2) is 5.46. The lowest BCUT2D eigenvalue weighted by molar-refractivity contribution is -0.139. The second-order valence-corrected chi connectivity index (χ2v) is 4.92. The molecule has 106 valence electrons. The van der Waals surface area contributed by atoms with Crippen LogP contribution in [0.2, 0.25) is 5.02 Å². The first-order valence-electron chi connectivity index (χ1n) is 5.91. The Morgan fingerprint density at radius 2 is 1.70 bits per heavy atom. The number of aryl methyl sites for hydroxylation is 1. The Bertz CT molecular complexity index is 623. The summed E-state index contributed by atoms with van der Waals surface area (Å²) in [7, 11) is 0. The summed E-state index contributed by atoms with van der Waals surface area (Å²) in [5.74, 6) is 0. The van der Waals surface area contributed by atoms with Crippen LogP contribution in [0, 0.1) is 6.92 Å². The number of halogens is 4. The molecule has 0 aliphatic heterocycles. The molecule has 5 heteroatoms. The van der Waals surface area contributed by atoms with E-state index in [9.17, 15) is 18.3 Å². The number of hydrogen-bond donors (Lipinski definition) is 1. The molecule has 2 rings (SSSR count). The van der Waals surface area contributed by atoms with Gasteiger partial charge in [-0.2, -0.15) is 13.2 Å². The number of hydrogen-bond acceptors (Lipinski definition) is 1. The third-order valence-corrected chi connectivity index (χ3v) is 3.32. The smallest absolute Gasteiger partial charge is 0.384 e. The molecular formula is C15H12ClF3O. The lowest BCUT2D eigenvalue weighted by Gasteiger charge is -2.19. The second-order valence-electron chi connectivity index (χ2n) is 4.49. The molecule has 0 bridgehead atoms. The predicted molar refractivity (Wildman–Crippen MR) is 71.7 cm³/mol. The van der Waals surface area contributed by atoms with Gasteiger partial charge in [0.05, 0.1) is 5.56 Å². The first-order chi connectivity index (χ1) is 9.30. The molecule has 1 unspecified atom stereocenters. The van der Waals surface area contributed by atoms with Crippen LogP contribution in [-0.2, 0) is 6.18 Å². The van der Waals surface area contributed by atoms with E-state index < -0.39 is 17.8 Å². The Morgan fingerprint density at radius 1 is 1.05 bits per heavy atom. The maximum atomic E-state index is 13.0. The van der Waals surface area contributed by atoms with E-state index in [-0.39, 0.29) is 5.56 Å². The van der Waals surface area contributed by atoms with E-state index in [1.54, 1.807) is 19.1 Å². The molecule has 20 heavy (non-hydrogen) atoms. The van der Waals surface area contributed by atoms with E-state index in [1.165, 1.54) is 24.3 Å². The van der Waals surface area contributed by atoms with Crippen molar-refractivity contribution in [1.82, 2.24) is 0 Å². The van der Waals surface area contributed by atoms with Gasteiger partial charge in [0.1, 0.15) is 6.10 Å². The van der Waals surface area contributed by atoms with Crippen molar-refractivity contribution in [3.05, 3.63) is 69.7 Å². The van der Waals surface area contributed by atoms with Crippen molar-refractivity contribution < 1.29 is 18.3 Å². The normalized spacial score (nSPS) is 13.3. The van der Waals surface area contributed by atoms with Crippen LogP contribution in [0.15, 0.2) is 42.5 Å². The van der Waals surface area contributed by atoms with Crippen molar-refractivity contribution in [3.63, 3.8) is 0 Å². The third-order valence-electron chi connectivity index (χ3n) is 3.09. The standard InChI is InChI=1S/C15H12ClF3O/c1-9-8-10(16)6-7-11(9)14(20)12-4-2-3-5-13(12)15(17,18)19/h2-8,14,20H,1H3. The van der Waals surface area contributed by atoms with E-state index in [4.69, 9.17) is 11.6 Å². The van der Waals surface area contributed by atoms with Gasteiger partial charge in [0.15, 0.2) is 0 Å². The van der Waals surface area contributed by atoms with Crippen LogP contribution < -0.4 is 0 Å². The number of rotatable bonds is 2. The van der Waals surface area contributed by atoms with Gasteiger partial charge < -0.3 is 5.11 Å². The zero-order chi connectivity index (χ0) is 14.9. The molecule has 2 aromatic rings. The Labute approximate surface area is 119 Å². The van der Waals surface area contributed by atoms with Gasteiger partial charge in [0, 0.05) is 5.02 Å². The van der Waals surface area contributed by atoms with Crippen LogP contribution in [0.5, 0.6) is 0 Å². The van der Waals surface area contributed by atoms with Crippen molar-refractivity contribution in [3.8, 4) is 0 Å². The number of alkyl halides is 3. The summed E-state index contributed by atoms with van der Waals surface area (Å²) in [4.78, 5) is 0. The first-order valence-corrected chi connectivity index (χ1v) is 6.28. The van der Waals surface area contributed by atoms with Crippen LogP contribution in [0.4, 0.5) is 13.2 Å². The number of aliphatic hydroxyl groups is 1. The van der Waals surface area contributed by atoms with Crippen LogP contribution in [0.25, 0.3) is 0 Å². The topological polar surface area (TPSA) is 20.2 Å². The van der Waals surface area contributed by atoms with Crippen LogP contribution >= 0.6 is 11.6 Å². The van der Waals surface area contributed by atoms with Crippen LogP contribution in [-0.4, -0.2) is 5.11 Å². The van der Waals surface area contributed by atoms with E-state index in [0.29, 0.717) is 16.1 Å². The van der Waals surface area contributed by atoms with Gasteiger partial charge in [0.25, 0.3) is 0 Å². The average Bonchev–Trinajstić information content (AvgIpc) is 2.37. The average molecular weight is 301 g/mol. The zero-order valence-electron chi connectivity index (χ0n) is 10.6. The Morgan fingerprint density at radius 3 is 2.30 bits per heavy atom. The summed E-state index contributed by atoms with van der Waals surface area (Å²) in [6.07, 6.45) is -5.84. The van der Waals surface area contributed by atoms with Gasteiger partial charge in [0.2, 0.25) is 0 Å². The quantitative estimate of drug-likeness (QED) is 0.848. The molecule has 0 saturated heterocycles. The third kappa shape index (κ3) is 2.97. The van der Waals surface area contributed by atoms with Crippen molar-refractivity contribution >= 4 is 11.6 Å². The number of aliphatic hydroxyl groups excluding tert-OH is 1. The van der Waals surface area contributed by atoms with Crippen LogP contribution in [0.1, 0.15) is 28.4 Å². The van der Waals surface area contributed by atoms with E-state index in [0.717, 1.165) is 6.07 Å². The molecule has 0 heterocycles. The molecule has 0 aromatic heterocycles. The molecule has 1 N–H and O–H groups in total. The molecule has 1 atom stereocenters. The minimum absolute atomic E-state index is 0.162. The number of benzene rings is 2. The minimum atomic E-state index is -4.50. The highest BCUT2D eigenvalue weighted by Gasteiger charge is 2.35. The maximum Gasteiger partial charge on any atom is 0.416 e. The summed E-state index contributed by atoms with van der Waals surface area (Å²) in [6, 6.07) is 9.70. The molecule has 0 radical (unpaired) electrons. The summed E-state index contributed by atoms with van der Waals surface area (Å²) in [6.45, 7) is 1.70. The van der Waals surface area contributed by atoms with Gasteiger partial charge in [-0.05, 0) is 41.8 Å². The van der Waals surface area contributed by atoms with E-state index in [2.05, 4.69) is 0 Å². The van der Waals surface area contributed by atoms with Crippen molar-refractivity contribution in [1.29, 1.82) is 0 Å². The fourth-order valence-electron chi connectivity index (χ4n) is 2.11. The molecule has 0 aliphatic carbocycles. The summed E-state index contributed by atoms with van der Waals surface area (Å²) in [5.41, 5.74) is 0.0559. The van der Waals surface area contributed by atoms with E-state index in [1.807, 2.05) is 0 Å². The van der Waals surface area contributed by atoms with Gasteiger partial charge in [-0.1, -0.05) is 35.9 Å². The Kier molecular flexibility index (Phi) is 4.06. The largest absolute Gasteiger partial charge is 0.416 e. The summed E-state index contributed by atoms with van der Waals surface area (Å²) < 4.78 is 38.9. The Balaban J connectivity index is 2.51. The minimum Gasteiger partial charge on any atom is -0.384 e. The highest BCUT2D eigenvalue weighted by atomic mass is 35.5.